The Morgan fingerprint density at radius 2 is 2.00 bits per heavy atom. The van der Waals surface area contributed by atoms with Gasteiger partial charge in [-0.15, -0.1) is 0 Å². The molecule has 0 bridgehead atoms. The summed E-state index contributed by atoms with van der Waals surface area (Å²) in [4.78, 5) is 6.57. The van der Waals surface area contributed by atoms with Crippen LogP contribution < -0.4 is 10.2 Å². The average Bonchev–Trinajstić information content (AvgIpc) is 2.43. The van der Waals surface area contributed by atoms with Crippen LogP contribution in [0.25, 0.3) is 10.8 Å². The van der Waals surface area contributed by atoms with Gasteiger partial charge in [-0.05, 0) is 18.5 Å². The van der Waals surface area contributed by atoms with E-state index in [1.54, 1.807) is 0 Å². The van der Waals surface area contributed by atoms with Crippen LogP contribution in [0.3, 0.4) is 0 Å². The number of sulfone groups is 1. The lowest BCUT2D eigenvalue weighted by molar-refractivity contribution is 0.601. The van der Waals surface area contributed by atoms with Gasteiger partial charge in [0.1, 0.15) is 15.7 Å². The van der Waals surface area contributed by atoms with E-state index >= 15 is 0 Å². The quantitative estimate of drug-likeness (QED) is 0.875. The monoisotopic (exact) mass is 307 g/mol. The predicted octanol–water partition coefficient (Wildman–Crippen LogP) is 1.44. The summed E-state index contributed by atoms with van der Waals surface area (Å²) in [6.45, 7) is 1.11. The molecule has 1 aromatic heterocycles. The molecule has 0 radical (unpaired) electrons. The SMILES string of the molecule is CNCc1cc2ccccc2c(N(C)CCS(C)(=O)=O)n1. The maximum absolute atomic E-state index is 11.3. The van der Waals surface area contributed by atoms with Crippen LogP contribution in [-0.4, -0.2) is 46.1 Å². The van der Waals surface area contributed by atoms with Crippen LogP contribution in [0.15, 0.2) is 30.3 Å². The van der Waals surface area contributed by atoms with Gasteiger partial charge in [-0.25, -0.2) is 13.4 Å². The van der Waals surface area contributed by atoms with Crippen LogP contribution in [-0.2, 0) is 16.4 Å². The number of fused-ring (bicyclic) bond motifs is 1. The van der Waals surface area contributed by atoms with Gasteiger partial charge in [-0.1, -0.05) is 24.3 Å². The molecule has 1 N–H and O–H groups in total. The highest BCUT2D eigenvalue weighted by molar-refractivity contribution is 7.90. The van der Waals surface area contributed by atoms with Crippen LogP contribution in [0.5, 0.6) is 0 Å². The Morgan fingerprint density at radius 1 is 1.29 bits per heavy atom. The molecule has 0 unspecified atom stereocenters. The zero-order valence-electron chi connectivity index (χ0n) is 12.6. The molecule has 6 heteroatoms. The van der Waals surface area contributed by atoms with Crippen molar-refractivity contribution in [2.24, 2.45) is 0 Å². The second kappa shape index (κ2) is 6.41. The van der Waals surface area contributed by atoms with Crippen LogP contribution in [0, 0.1) is 0 Å². The number of hydrogen-bond acceptors (Lipinski definition) is 5. The van der Waals surface area contributed by atoms with E-state index in [4.69, 9.17) is 0 Å². The first-order chi connectivity index (χ1) is 9.90. The number of nitrogens with one attached hydrogen (secondary N) is 1. The summed E-state index contributed by atoms with van der Waals surface area (Å²) in [7, 11) is 0.774. The molecule has 0 aliphatic heterocycles. The van der Waals surface area contributed by atoms with Gasteiger partial charge in [0.2, 0.25) is 0 Å². The lowest BCUT2D eigenvalue weighted by Crippen LogP contribution is -2.26. The van der Waals surface area contributed by atoms with Crippen LogP contribution in [0.1, 0.15) is 5.69 Å². The normalized spacial score (nSPS) is 11.8. The van der Waals surface area contributed by atoms with E-state index in [2.05, 4.69) is 16.4 Å². The summed E-state index contributed by atoms with van der Waals surface area (Å²) in [5, 5.41) is 5.24. The molecule has 1 aromatic carbocycles. The largest absolute Gasteiger partial charge is 0.358 e. The van der Waals surface area contributed by atoms with E-state index in [1.165, 1.54) is 6.26 Å². The van der Waals surface area contributed by atoms with Gasteiger partial charge in [0.25, 0.3) is 0 Å². The van der Waals surface area contributed by atoms with Crippen molar-refractivity contribution in [1.82, 2.24) is 10.3 Å². The second-order valence-corrected chi connectivity index (χ2v) is 7.50. The number of nitrogens with zero attached hydrogens (tertiary/aromatic N) is 2. The minimum absolute atomic E-state index is 0.121. The van der Waals surface area contributed by atoms with Crippen molar-refractivity contribution in [3.8, 4) is 0 Å². The summed E-state index contributed by atoms with van der Waals surface area (Å²) in [6.07, 6.45) is 1.25. The molecule has 5 nitrogen and oxygen atoms in total. The molecule has 0 spiro atoms. The third kappa shape index (κ3) is 4.15. The minimum atomic E-state index is -2.98. The lowest BCUT2D eigenvalue weighted by Gasteiger charge is -2.20. The molecule has 2 aromatic rings. The molecule has 2 rings (SSSR count). The highest BCUT2D eigenvalue weighted by Crippen LogP contribution is 2.25. The molecule has 21 heavy (non-hydrogen) atoms. The van der Waals surface area contributed by atoms with Crippen LogP contribution >= 0.6 is 0 Å². The summed E-state index contributed by atoms with van der Waals surface area (Å²) in [6, 6.07) is 10.1. The highest BCUT2D eigenvalue weighted by Gasteiger charge is 2.12. The molecule has 0 fully saturated rings. The first-order valence-corrected chi connectivity index (χ1v) is 8.89. The molecule has 0 aliphatic carbocycles. The fourth-order valence-electron chi connectivity index (χ4n) is 2.21. The molecule has 114 valence electrons. The Bertz CT molecular complexity index is 729. The second-order valence-electron chi connectivity index (χ2n) is 5.24. The minimum Gasteiger partial charge on any atom is -0.358 e. The summed E-state index contributed by atoms with van der Waals surface area (Å²) in [5.41, 5.74) is 0.942. The van der Waals surface area contributed by atoms with Crippen molar-refractivity contribution in [2.45, 2.75) is 6.54 Å². The van der Waals surface area contributed by atoms with Crippen LogP contribution in [0.2, 0.25) is 0 Å². The Kier molecular flexibility index (Phi) is 4.80. The molecular formula is C15H21N3O2S. The predicted molar refractivity (Wildman–Crippen MR) is 87.5 cm³/mol. The summed E-state index contributed by atoms with van der Waals surface area (Å²) in [5.74, 6) is 0.942. The molecule has 0 saturated carbocycles. The van der Waals surface area contributed by atoms with E-state index in [0.717, 1.165) is 22.3 Å². The summed E-state index contributed by atoms with van der Waals surface area (Å²) >= 11 is 0. The third-order valence-electron chi connectivity index (χ3n) is 3.29. The first-order valence-electron chi connectivity index (χ1n) is 6.83. The fourth-order valence-corrected chi connectivity index (χ4v) is 2.81. The topological polar surface area (TPSA) is 62.3 Å². The van der Waals surface area contributed by atoms with Crippen molar-refractivity contribution in [3.63, 3.8) is 0 Å². The molecule has 1 heterocycles. The van der Waals surface area contributed by atoms with E-state index in [-0.39, 0.29) is 5.75 Å². The zero-order valence-corrected chi connectivity index (χ0v) is 13.4. The number of benzene rings is 1. The third-order valence-corrected chi connectivity index (χ3v) is 4.21. The molecule has 0 amide bonds. The molecule has 0 aliphatic rings. The number of pyridine rings is 1. The van der Waals surface area contributed by atoms with Gasteiger partial charge >= 0.3 is 0 Å². The van der Waals surface area contributed by atoms with Gasteiger partial charge in [-0.3, -0.25) is 0 Å². The number of aromatic nitrogens is 1. The van der Waals surface area contributed by atoms with E-state index in [9.17, 15) is 8.42 Å². The standard InChI is InChI=1S/C15H21N3O2S/c1-16-11-13-10-12-6-4-5-7-14(12)15(17-13)18(2)8-9-21(3,19)20/h4-7,10,16H,8-9,11H2,1-3H3. The van der Waals surface area contributed by atoms with E-state index in [0.29, 0.717) is 13.1 Å². The van der Waals surface area contributed by atoms with Crippen molar-refractivity contribution in [2.75, 3.05) is 37.5 Å². The van der Waals surface area contributed by atoms with Gasteiger partial charge in [0.05, 0.1) is 11.4 Å². The highest BCUT2D eigenvalue weighted by atomic mass is 32.2. The maximum Gasteiger partial charge on any atom is 0.149 e. The van der Waals surface area contributed by atoms with Crippen molar-refractivity contribution in [3.05, 3.63) is 36.0 Å². The number of anilines is 1. The van der Waals surface area contributed by atoms with Crippen molar-refractivity contribution in [1.29, 1.82) is 0 Å². The number of hydrogen-bond donors (Lipinski definition) is 1. The molecular weight excluding hydrogens is 286 g/mol. The van der Waals surface area contributed by atoms with Crippen molar-refractivity contribution >= 4 is 26.4 Å². The number of rotatable bonds is 6. The Balaban J connectivity index is 2.40. The Hall–Kier alpha value is -1.66. The lowest BCUT2D eigenvalue weighted by atomic mass is 10.1. The Morgan fingerprint density at radius 3 is 2.67 bits per heavy atom. The molecule has 0 atom stereocenters. The van der Waals surface area contributed by atoms with Gasteiger partial charge in [0.15, 0.2) is 0 Å². The van der Waals surface area contributed by atoms with Crippen LogP contribution in [0.4, 0.5) is 5.82 Å². The van der Waals surface area contributed by atoms with Gasteiger partial charge in [-0.2, -0.15) is 0 Å². The maximum atomic E-state index is 11.3. The van der Waals surface area contributed by atoms with Crippen molar-refractivity contribution < 1.29 is 8.42 Å². The first kappa shape index (κ1) is 15.7. The van der Waals surface area contributed by atoms with Gasteiger partial charge < -0.3 is 10.2 Å². The zero-order chi connectivity index (χ0) is 15.5. The molecule has 0 saturated heterocycles. The van der Waals surface area contributed by atoms with E-state index < -0.39 is 9.84 Å². The average molecular weight is 307 g/mol. The van der Waals surface area contributed by atoms with E-state index in [1.807, 2.05) is 43.3 Å². The fraction of sp³-hybridized carbons (Fsp3) is 0.400. The Labute approximate surface area is 125 Å². The smallest absolute Gasteiger partial charge is 0.149 e. The summed E-state index contributed by atoms with van der Waals surface area (Å²) < 4.78 is 22.7. The van der Waals surface area contributed by atoms with Gasteiger partial charge in [0, 0.05) is 31.8 Å².